The molecule has 0 saturated heterocycles. The minimum Gasteiger partial charge on any atom is -0.483 e. The number of hydrogen-bond donors (Lipinski definition) is 1. The van der Waals surface area contributed by atoms with Crippen molar-refractivity contribution < 1.29 is 14.6 Å². The van der Waals surface area contributed by atoms with Gasteiger partial charge in [0, 0.05) is 0 Å². The number of aliphatic imine (C=N–C) groups is 2. The Balaban J connectivity index is 3.31. The van der Waals surface area contributed by atoms with Crippen LogP contribution in [0.4, 0.5) is 0 Å². The summed E-state index contributed by atoms with van der Waals surface area (Å²) in [6, 6.07) is -0.204. The van der Waals surface area contributed by atoms with Crippen molar-refractivity contribution in [3.8, 4) is 0 Å². The molecule has 1 aliphatic heterocycles. The zero-order valence-corrected chi connectivity index (χ0v) is 14.1. The Kier molecular flexibility index (Phi) is 6.81. The fourth-order valence-electron chi connectivity index (χ4n) is 2.65. The van der Waals surface area contributed by atoms with Crippen LogP contribution in [0.1, 0.15) is 33.1 Å². The summed E-state index contributed by atoms with van der Waals surface area (Å²) < 4.78 is 10.9. The SMILES string of the molecule is C=CCCC[C@@]1(C(O)C=C)N=C(OC)[C@@H](C(C)C)N=C1OC. The van der Waals surface area contributed by atoms with Crippen molar-refractivity contribution >= 4 is 11.8 Å². The molecule has 1 aliphatic rings. The molecule has 1 rings (SSSR count). The summed E-state index contributed by atoms with van der Waals surface area (Å²) in [6.07, 6.45) is 4.64. The summed E-state index contributed by atoms with van der Waals surface area (Å²) in [5, 5.41) is 10.5. The first-order valence-corrected chi connectivity index (χ1v) is 7.64. The molecule has 0 aromatic heterocycles. The van der Waals surface area contributed by atoms with Gasteiger partial charge in [0.25, 0.3) is 0 Å². The number of aliphatic hydroxyl groups excluding tert-OH is 1. The van der Waals surface area contributed by atoms with E-state index in [1.54, 1.807) is 14.2 Å². The second-order valence-corrected chi connectivity index (χ2v) is 5.77. The molecular weight excluding hydrogens is 280 g/mol. The van der Waals surface area contributed by atoms with E-state index in [1.807, 2.05) is 19.9 Å². The average molecular weight is 308 g/mol. The van der Waals surface area contributed by atoms with Crippen LogP contribution in [-0.2, 0) is 9.47 Å². The molecule has 124 valence electrons. The molecule has 5 heteroatoms. The van der Waals surface area contributed by atoms with Crippen molar-refractivity contribution in [2.24, 2.45) is 15.9 Å². The summed E-state index contributed by atoms with van der Waals surface area (Å²) in [7, 11) is 3.14. The molecule has 1 N–H and O–H groups in total. The number of allylic oxidation sites excluding steroid dienone is 1. The Hall–Kier alpha value is -1.62. The molecule has 3 atom stereocenters. The molecular formula is C17H28N2O3. The molecule has 0 amide bonds. The van der Waals surface area contributed by atoms with Gasteiger partial charge in [-0.25, -0.2) is 9.98 Å². The molecule has 0 spiro atoms. The highest BCUT2D eigenvalue weighted by atomic mass is 16.5. The molecule has 0 radical (unpaired) electrons. The standard InChI is InChI=1S/C17H28N2O3/c1-7-9-10-11-17(13(20)8-2)16(22-6)18-14(12(3)4)15(19-17)21-5/h7-8,12-14,20H,1-2,9-11H2,3-6H3/t13?,14-,17+/m1/s1. The molecule has 1 heterocycles. The molecule has 0 fully saturated rings. The van der Waals surface area contributed by atoms with Gasteiger partial charge < -0.3 is 14.6 Å². The number of methoxy groups -OCH3 is 2. The zero-order valence-electron chi connectivity index (χ0n) is 14.1. The highest BCUT2D eigenvalue weighted by Crippen LogP contribution is 2.33. The smallest absolute Gasteiger partial charge is 0.215 e. The predicted molar refractivity (Wildman–Crippen MR) is 90.5 cm³/mol. The third-order valence-corrected chi connectivity index (χ3v) is 3.90. The normalized spacial score (nSPS) is 26.0. The predicted octanol–water partition coefficient (Wildman–Crippen LogP) is 2.76. The molecule has 0 aromatic rings. The molecule has 0 aromatic carbocycles. The topological polar surface area (TPSA) is 63.4 Å². The van der Waals surface area contributed by atoms with E-state index < -0.39 is 11.6 Å². The van der Waals surface area contributed by atoms with Crippen LogP contribution >= 0.6 is 0 Å². The van der Waals surface area contributed by atoms with Crippen molar-refractivity contribution in [3.63, 3.8) is 0 Å². The van der Waals surface area contributed by atoms with Gasteiger partial charge in [-0.3, -0.25) is 0 Å². The Labute approximate surface area is 133 Å². The maximum absolute atomic E-state index is 10.5. The zero-order chi connectivity index (χ0) is 16.8. The van der Waals surface area contributed by atoms with Gasteiger partial charge in [-0.2, -0.15) is 0 Å². The monoisotopic (exact) mass is 308 g/mol. The molecule has 0 saturated carbocycles. The molecule has 22 heavy (non-hydrogen) atoms. The van der Waals surface area contributed by atoms with E-state index in [-0.39, 0.29) is 12.0 Å². The Bertz CT molecular complexity index is 457. The van der Waals surface area contributed by atoms with E-state index in [9.17, 15) is 5.11 Å². The van der Waals surface area contributed by atoms with Crippen molar-refractivity contribution in [1.29, 1.82) is 0 Å². The third kappa shape index (κ3) is 3.58. The van der Waals surface area contributed by atoms with Crippen LogP contribution in [0.5, 0.6) is 0 Å². The quantitative estimate of drug-likeness (QED) is 0.581. The lowest BCUT2D eigenvalue weighted by Crippen LogP contribution is -2.53. The van der Waals surface area contributed by atoms with Gasteiger partial charge in [-0.15, -0.1) is 13.2 Å². The fourth-order valence-corrected chi connectivity index (χ4v) is 2.65. The number of aliphatic hydroxyl groups is 1. The van der Waals surface area contributed by atoms with E-state index in [0.717, 1.165) is 12.8 Å². The summed E-state index contributed by atoms with van der Waals surface area (Å²) in [5.74, 6) is 1.18. The van der Waals surface area contributed by atoms with Crippen molar-refractivity contribution in [2.45, 2.75) is 50.8 Å². The third-order valence-electron chi connectivity index (χ3n) is 3.90. The maximum Gasteiger partial charge on any atom is 0.215 e. The van der Waals surface area contributed by atoms with Crippen LogP contribution in [0.15, 0.2) is 35.3 Å². The van der Waals surface area contributed by atoms with E-state index in [4.69, 9.17) is 14.5 Å². The number of ether oxygens (including phenoxy) is 2. The number of rotatable bonds is 7. The van der Waals surface area contributed by atoms with Gasteiger partial charge in [-0.05, 0) is 25.2 Å². The Morgan fingerprint density at radius 1 is 1.32 bits per heavy atom. The highest BCUT2D eigenvalue weighted by Gasteiger charge is 2.47. The number of nitrogens with zero attached hydrogens (tertiary/aromatic N) is 2. The first-order valence-electron chi connectivity index (χ1n) is 7.64. The van der Waals surface area contributed by atoms with E-state index >= 15 is 0 Å². The largest absolute Gasteiger partial charge is 0.483 e. The minimum absolute atomic E-state index is 0.204. The fraction of sp³-hybridized carbons (Fsp3) is 0.647. The van der Waals surface area contributed by atoms with E-state index in [1.165, 1.54) is 6.08 Å². The van der Waals surface area contributed by atoms with Gasteiger partial charge in [0.05, 0.1) is 14.2 Å². The molecule has 5 nitrogen and oxygen atoms in total. The summed E-state index contributed by atoms with van der Waals surface area (Å²) in [6.45, 7) is 11.5. The number of hydrogen-bond acceptors (Lipinski definition) is 5. The van der Waals surface area contributed by atoms with E-state index in [0.29, 0.717) is 18.2 Å². The highest BCUT2D eigenvalue weighted by molar-refractivity contribution is 5.97. The molecule has 0 aliphatic carbocycles. The van der Waals surface area contributed by atoms with E-state index in [2.05, 4.69) is 18.2 Å². The second-order valence-electron chi connectivity index (χ2n) is 5.77. The van der Waals surface area contributed by atoms with Crippen LogP contribution in [-0.4, -0.2) is 48.8 Å². The van der Waals surface area contributed by atoms with Crippen molar-refractivity contribution in [2.75, 3.05) is 14.2 Å². The first kappa shape index (κ1) is 18.4. The maximum atomic E-state index is 10.5. The van der Waals surface area contributed by atoms with Gasteiger partial charge >= 0.3 is 0 Å². The van der Waals surface area contributed by atoms with Crippen LogP contribution in [0, 0.1) is 5.92 Å². The van der Waals surface area contributed by atoms with Crippen LogP contribution in [0.2, 0.25) is 0 Å². The lowest BCUT2D eigenvalue weighted by molar-refractivity contribution is 0.135. The Morgan fingerprint density at radius 3 is 2.45 bits per heavy atom. The van der Waals surface area contributed by atoms with Crippen LogP contribution in [0.3, 0.4) is 0 Å². The van der Waals surface area contributed by atoms with Gasteiger partial charge in [0.2, 0.25) is 11.8 Å². The molecule has 1 unspecified atom stereocenters. The number of unbranched alkanes of at least 4 members (excludes halogenated alkanes) is 1. The van der Waals surface area contributed by atoms with Crippen molar-refractivity contribution in [3.05, 3.63) is 25.3 Å². The van der Waals surface area contributed by atoms with Crippen molar-refractivity contribution in [1.82, 2.24) is 0 Å². The lowest BCUT2D eigenvalue weighted by Gasteiger charge is -2.38. The van der Waals surface area contributed by atoms with Gasteiger partial charge in [0.15, 0.2) is 5.54 Å². The van der Waals surface area contributed by atoms with Crippen LogP contribution in [0.25, 0.3) is 0 Å². The summed E-state index contributed by atoms with van der Waals surface area (Å²) in [5.41, 5.74) is -0.976. The minimum atomic E-state index is -0.976. The van der Waals surface area contributed by atoms with Crippen LogP contribution < -0.4 is 0 Å². The second kappa shape index (κ2) is 8.13. The summed E-state index contributed by atoms with van der Waals surface area (Å²) in [4.78, 5) is 9.37. The first-order chi connectivity index (χ1) is 10.5. The van der Waals surface area contributed by atoms with Gasteiger partial charge in [-0.1, -0.05) is 26.0 Å². The summed E-state index contributed by atoms with van der Waals surface area (Å²) >= 11 is 0. The Morgan fingerprint density at radius 2 is 2.00 bits per heavy atom. The average Bonchev–Trinajstić information content (AvgIpc) is 2.53. The van der Waals surface area contributed by atoms with Gasteiger partial charge in [0.1, 0.15) is 12.1 Å². The molecule has 0 bridgehead atoms. The lowest BCUT2D eigenvalue weighted by atomic mass is 9.84.